The van der Waals surface area contributed by atoms with Gasteiger partial charge < -0.3 is 57.9 Å². The van der Waals surface area contributed by atoms with Crippen LogP contribution in [0, 0.1) is 51.8 Å². The third-order valence-electron chi connectivity index (χ3n) is 16.0. The average Bonchev–Trinajstić information content (AvgIpc) is 0.731. The topological polar surface area (TPSA) is 454 Å². The number of ether oxygens (including phenoxy) is 6. The van der Waals surface area contributed by atoms with Crippen molar-refractivity contribution in [3.63, 3.8) is 0 Å². The normalized spacial score (nSPS) is 28.9. The van der Waals surface area contributed by atoms with Crippen LogP contribution in [0.1, 0.15) is 103 Å². The first-order valence-electron chi connectivity index (χ1n) is 25.7. The SMILES string of the molecule is O=C(OCC12CC3CC(C1)CC(COC(=O)C(F)(F)S(=O)(=O)[O-])(C3)C2)C(F)(F)SOO[O-].O=C(OCC12CC3CC(C1)CC(OC(=O)C(F)(F)S(=O)(=O)[O-])(C3)C2)C(F)(F)SOO[O-].O=C(OCC1CCC(COC(=O)C(F)(F)S(=O)(=O)[O-])CC1)C(F)(F)SOO[O-]. The molecule has 8 bridgehead atoms. The lowest BCUT2D eigenvalue weighted by atomic mass is 9.44. The first-order chi connectivity index (χ1) is 41.6. The van der Waals surface area contributed by atoms with Crippen molar-refractivity contribution in [1.29, 1.82) is 0 Å². The molecule has 4 unspecified atom stereocenters. The second-order valence-corrected chi connectivity index (χ2v) is 29.6. The number of alkyl halides is 12. The van der Waals surface area contributed by atoms with Crippen LogP contribution in [0.5, 0.6) is 0 Å². The summed E-state index contributed by atoms with van der Waals surface area (Å²) in [4.78, 5) is 68.9. The third-order valence-corrected chi connectivity index (χ3v) is 19.9. The molecule has 0 aromatic carbocycles. The van der Waals surface area contributed by atoms with Gasteiger partial charge in [0.1, 0.15) is 41.7 Å². The lowest BCUT2D eigenvalue weighted by Crippen LogP contribution is -2.60. The van der Waals surface area contributed by atoms with Gasteiger partial charge in [0.25, 0.3) is 0 Å². The van der Waals surface area contributed by atoms with Crippen LogP contribution in [0.3, 0.4) is 0 Å². The Hall–Kier alpha value is -3.60. The van der Waals surface area contributed by atoms with E-state index in [1.165, 1.54) is 0 Å². The van der Waals surface area contributed by atoms with Gasteiger partial charge in [-0.3, -0.25) is 15.1 Å². The average molecular weight is 1470 g/mol. The van der Waals surface area contributed by atoms with Crippen LogP contribution in [0.4, 0.5) is 52.7 Å². The highest BCUT2D eigenvalue weighted by atomic mass is 32.2. The Morgan fingerprint density at radius 3 is 0.978 bits per heavy atom. The number of hydrogen-bond acceptors (Lipinski definition) is 33. The molecule has 0 radical (unpaired) electrons. The fraction of sp³-hybridized carbons (Fsp3) is 0.860. The van der Waals surface area contributed by atoms with Gasteiger partial charge in [0.15, 0.2) is 30.4 Å². The zero-order valence-electron chi connectivity index (χ0n) is 45.5. The maximum atomic E-state index is 13.6. The number of halogens is 12. The molecule has 0 N–H and O–H groups in total. The Bertz CT molecular complexity index is 2950. The van der Waals surface area contributed by atoms with E-state index in [2.05, 4.69) is 47.1 Å². The summed E-state index contributed by atoms with van der Waals surface area (Å²) >= 11 is -2.52. The number of esters is 6. The van der Waals surface area contributed by atoms with Crippen molar-refractivity contribution in [3.05, 3.63) is 0 Å². The maximum absolute atomic E-state index is 13.6. The van der Waals surface area contributed by atoms with Gasteiger partial charge >= 0.3 is 67.3 Å². The van der Waals surface area contributed by atoms with Crippen molar-refractivity contribution in [2.45, 2.75) is 140 Å². The van der Waals surface area contributed by atoms with Gasteiger partial charge in [-0.1, -0.05) is 0 Å². The Morgan fingerprint density at radius 1 is 0.396 bits per heavy atom. The fourth-order valence-electron chi connectivity index (χ4n) is 13.5. The van der Waals surface area contributed by atoms with E-state index >= 15 is 0 Å². The van der Waals surface area contributed by atoms with E-state index in [0.29, 0.717) is 57.8 Å². The van der Waals surface area contributed by atoms with Crippen LogP contribution in [0.25, 0.3) is 0 Å². The molecular weight excluding hydrogens is 1420 g/mol. The molecule has 9 saturated carbocycles. The van der Waals surface area contributed by atoms with E-state index in [1.807, 2.05) is 0 Å². The molecule has 91 heavy (non-hydrogen) atoms. The number of rotatable bonds is 29. The van der Waals surface area contributed by atoms with E-state index in [1.54, 1.807) is 0 Å². The van der Waals surface area contributed by atoms with Crippen LogP contribution < -0.4 is 15.8 Å². The number of carbonyl (C=O) groups excluding carboxylic acids is 6. The molecule has 9 aliphatic rings. The zero-order chi connectivity index (χ0) is 68.9. The monoisotopic (exact) mass is 1460 g/mol. The van der Waals surface area contributed by atoms with Crippen LogP contribution >= 0.6 is 36.1 Å². The summed E-state index contributed by atoms with van der Waals surface area (Å²) in [7, 11) is -18.8. The van der Waals surface area contributed by atoms with Gasteiger partial charge in [0.2, 0.25) is 0 Å². The van der Waals surface area contributed by atoms with Gasteiger partial charge in [0, 0.05) is 16.2 Å². The van der Waals surface area contributed by atoms with Gasteiger partial charge in [-0.25, -0.2) is 54.0 Å². The van der Waals surface area contributed by atoms with Crippen LogP contribution in [-0.2, 0) is 116 Å². The van der Waals surface area contributed by atoms with Crippen molar-refractivity contribution in [3.8, 4) is 0 Å². The molecule has 9 rings (SSSR count). The lowest BCUT2D eigenvalue weighted by Gasteiger charge is -2.61. The van der Waals surface area contributed by atoms with Crippen molar-refractivity contribution >= 4 is 102 Å². The summed E-state index contributed by atoms with van der Waals surface area (Å²) in [6.45, 7) is -2.50. The molecule has 0 amide bonds. The molecular formula is C43H48F12O30S6-6. The van der Waals surface area contributed by atoms with E-state index in [-0.39, 0.29) is 74.7 Å². The smallest absolute Gasteiger partial charge is 0.428 e. The van der Waals surface area contributed by atoms with Crippen molar-refractivity contribution in [1.82, 2.24) is 0 Å². The highest BCUT2D eigenvalue weighted by Gasteiger charge is 2.64. The predicted molar refractivity (Wildman–Crippen MR) is 254 cm³/mol. The van der Waals surface area contributed by atoms with Crippen molar-refractivity contribution in [2.24, 2.45) is 51.8 Å². The summed E-state index contributed by atoms with van der Waals surface area (Å²) in [6.07, 6.45) is 5.61. The molecule has 9 aliphatic carbocycles. The predicted octanol–water partition coefficient (Wildman–Crippen LogP) is 2.76. The molecule has 0 aromatic heterocycles. The molecule has 0 heterocycles. The molecule has 0 aliphatic heterocycles. The minimum absolute atomic E-state index is 0.0319. The number of hydrogen-bond donors (Lipinski definition) is 0. The Kier molecular flexibility index (Phi) is 25.2. The molecule has 30 nitrogen and oxygen atoms in total. The molecule has 9 fully saturated rings. The quantitative estimate of drug-likeness (QED) is 0.0198. The fourth-order valence-corrected chi connectivity index (χ4v) is 15.0. The highest BCUT2D eigenvalue weighted by Crippen LogP contribution is 2.66. The Morgan fingerprint density at radius 2 is 0.659 bits per heavy atom. The van der Waals surface area contributed by atoms with E-state index in [9.17, 15) is 136 Å². The molecule has 48 heteroatoms. The van der Waals surface area contributed by atoms with Gasteiger partial charge in [-0.15, -0.1) is 0 Å². The van der Waals surface area contributed by atoms with E-state index < -0.39 is 188 Å². The van der Waals surface area contributed by atoms with E-state index in [0.717, 1.165) is 6.42 Å². The Labute approximate surface area is 517 Å². The van der Waals surface area contributed by atoms with Crippen LogP contribution in [0.2, 0.25) is 0 Å². The molecule has 0 saturated heterocycles. The van der Waals surface area contributed by atoms with Crippen LogP contribution in [0.15, 0.2) is 0 Å². The zero-order valence-corrected chi connectivity index (χ0v) is 50.4. The first kappa shape index (κ1) is 78.1. The molecule has 0 aromatic rings. The van der Waals surface area contributed by atoms with Gasteiger partial charge in [-0.2, -0.15) is 65.7 Å². The summed E-state index contributed by atoms with van der Waals surface area (Å²) in [5.74, 6) is -14.4. The number of carbonyl (C=O) groups is 6. The van der Waals surface area contributed by atoms with E-state index in [4.69, 9.17) is 9.47 Å². The first-order valence-corrected chi connectivity index (χ1v) is 32.2. The second-order valence-electron chi connectivity index (χ2n) is 22.9. The largest absolute Gasteiger partial charge is 0.743 e. The standard InChI is InChI=1S/C16H20F4O10S2.C15H18F4O10S2.C12H16F4O10S2/c17-15(18,31-30-29-23)11(21)27-7-13-2-9-1-10(3-13)5-14(4-9,6-13)8-28-12(22)16(19,20)32(24,25)26;16-14(17,30-29-28-22)10(20)26-7-12-2-8-1-9(3-12)5-13(4-8,6-12)27-11(21)15(18,19)31(23,24)25;13-11(14,27-26-25-19)9(17)23-5-7-1-3-8(4-2-7)6-24-10(18)12(15,16)28(20,21)22/h9-10,23H,1-8H2,(H,24,25,26);8-9,22H,1-7H2,(H,23,24,25);7-8,19H,1-6H2,(H,20,21,22)/p-6. The minimum Gasteiger partial charge on any atom is -0.743 e. The highest BCUT2D eigenvalue weighted by molar-refractivity contribution is 7.96. The van der Waals surface area contributed by atoms with Gasteiger partial charge in [0.05, 0.1) is 33.0 Å². The van der Waals surface area contributed by atoms with Crippen molar-refractivity contribution < 1.29 is 193 Å². The summed E-state index contributed by atoms with van der Waals surface area (Å²) in [6, 6.07) is 0. The summed E-state index contributed by atoms with van der Waals surface area (Å²) in [5, 5.41) is 8.74. The summed E-state index contributed by atoms with van der Waals surface area (Å²) in [5.41, 5.74) is -4.11. The Balaban J connectivity index is 0.000000249. The van der Waals surface area contributed by atoms with Gasteiger partial charge in [-0.05, 0) is 138 Å². The van der Waals surface area contributed by atoms with Crippen molar-refractivity contribution in [2.75, 3.05) is 33.0 Å². The molecule has 4 atom stereocenters. The van der Waals surface area contributed by atoms with Crippen LogP contribution in [-0.4, -0.2) is 145 Å². The second kappa shape index (κ2) is 29.4. The molecule has 526 valence electrons. The lowest BCUT2D eigenvalue weighted by molar-refractivity contribution is -0.777. The maximum Gasteiger partial charge on any atom is 0.428 e. The third kappa shape index (κ3) is 19.6. The molecule has 0 spiro atoms. The minimum atomic E-state index is -6.30. The summed E-state index contributed by atoms with van der Waals surface area (Å²) < 4.78 is 293.